The summed E-state index contributed by atoms with van der Waals surface area (Å²) in [5, 5.41) is 11.7. The van der Waals surface area contributed by atoms with Gasteiger partial charge in [-0.3, -0.25) is 9.59 Å². The lowest BCUT2D eigenvalue weighted by Gasteiger charge is -2.30. The summed E-state index contributed by atoms with van der Waals surface area (Å²) in [6.45, 7) is 1.95. The molecule has 0 bridgehead atoms. The minimum Gasteiger partial charge on any atom is -0.396 e. The van der Waals surface area contributed by atoms with Gasteiger partial charge in [-0.1, -0.05) is 6.92 Å². The minimum atomic E-state index is -4.46. The van der Waals surface area contributed by atoms with Crippen LogP contribution in [-0.2, 0) is 9.59 Å². The fraction of sp³-hybridized carbons (Fsp3) is 0.846. The molecule has 1 fully saturated rings. The molecule has 1 heterocycles. The molecule has 21 heavy (non-hydrogen) atoms. The first-order chi connectivity index (χ1) is 9.60. The van der Waals surface area contributed by atoms with Crippen molar-refractivity contribution in [3.05, 3.63) is 0 Å². The Hall–Kier alpha value is -1.31. The highest BCUT2D eigenvalue weighted by atomic mass is 19.4. The molecule has 0 aromatic heterocycles. The highest BCUT2D eigenvalue weighted by Crippen LogP contribution is 2.25. The van der Waals surface area contributed by atoms with Crippen LogP contribution in [0, 0.1) is 5.92 Å². The molecule has 0 spiro atoms. The van der Waals surface area contributed by atoms with Crippen LogP contribution in [0.25, 0.3) is 0 Å². The number of carbonyl (C=O) groups is 2. The van der Waals surface area contributed by atoms with E-state index in [-0.39, 0.29) is 19.6 Å². The van der Waals surface area contributed by atoms with Crippen LogP contribution in [0.3, 0.4) is 0 Å². The fourth-order valence-electron chi connectivity index (χ4n) is 2.29. The van der Waals surface area contributed by atoms with Gasteiger partial charge in [-0.25, -0.2) is 0 Å². The van der Waals surface area contributed by atoms with Gasteiger partial charge in [0, 0.05) is 25.1 Å². The number of alkyl halides is 3. The third kappa shape index (κ3) is 5.18. The van der Waals surface area contributed by atoms with E-state index in [9.17, 15) is 22.8 Å². The third-order valence-electron chi connectivity index (χ3n) is 3.82. The Kier molecular flexibility index (Phi) is 5.61. The molecule has 0 radical (unpaired) electrons. The molecule has 2 unspecified atom stereocenters. The Morgan fingerprint density at radius 1 is 1.48 bits per heavy atom. The van der Waals surface area contributed by atoms with Crippen molar-refractivity contribution < 1.29 is 27.9 Å². The summed E-state index contributed by atoms with van der Waals surface area (Å²) in [6.07, 6.45) is -3.74. The molecule has 0 aromatic carbocycles. The lowest BCUT2D eigenvalue weighted by Crippen LogP contribution is -2.49. The normalized spacial score (nSPS) is 22.3. The van der Waals surface area contributed by atoms with E-state index in [1.807, 2.05) is 6.92 Å². The SMILES string of the molecule is CCC(C)(CCO)NC(=O)C1CC(=O)N(CC(F)(F)F)C1. The molecule has 2 atom stereocenters. The molecular formula is C13H21F3N2O3. The molecule has 1 aliphatic heterocycles. The first kappa shape index (κ1) is 17.7. The zero-order valence-electron chi connectivity index (χ0n) is 12.2. The van der Waals surface area contributed by atoms with Gasteiger partial charge in [-0.15, -0.1) is 0 Å². The third-order valence-corrected chi connectivity index (χ3v) is 3.82. The molecule has 0 saturated carbocycles. The van der Waals surface area contributed by atoms with Crippen LogP contribution in [0.2, 0.25) is 0 Å². The topological polar surface area (TPSA) is 69.6 Å². The second-order valence-electron chi connectivity index (χ2n) is 5.67. The first-order valence-electron chi connectivity index (χ1n) is 6.87. The Balaban J connectivity index is 2.63. The monoisotopic (exact) mass is 310 g/mol. The highest BCUT2D eigenvalue weighted by Gasteiger charge is 2.41. The standard InChI is InChI=1S/C13H21F3N2O3/c1-3-12(2,4-5-19)17-11(21)9-6-10(20)18(7-9)8-13(14,15)16/h9,19H,3-8H2,1-2H3,(H,17,21). The van der Waals surface area contributed by atoms with Gasteiger partial charge in [0.2, 0.25) is 11.8 Å². The molecule has 1 saturated heterocycles. The number of nitrogens with zero attached hydrogens (tertiary/aromatic N) is 1. The van der Waals surface area contributed by atoms with Crippen LogP contribution in [-0.4, -0.2) is 53.2 Å². The Bertz CT molecular complexity index is 401. The predicted octanol–water partition coefficient (Wildman–Crippen LogP) is 1.06. The van der Waals surface area contributed by atoms with Gasteiger partial charge in [0.05, 0.1) is 5.92 Å². The van der Waals surface area contributed by atoms with E-state index in [4.69, 9.17) is 5.11 Å². The second-order valence-corrected chi connectivity index (χ2v) is 5.67. The fourth-order valence-corrected chi connectivity index (χ4v) is 2.29. The molecule has 122 valence electrons. The number of likely N-dealkylation sites (tertiary alicyclic amines) is 1. The van der Waals surface area contributed by atoms with Crippen molar-refractivity contribution in [2.45, 2.75) is 44.8 Å². The van der Waals surface area contributed by atoms with Crippen molar-refractivity contribution in [2.24, 2.45) is 5.92 Å². The van der Waals surface area contributed by atoms with E-state index < -0.39 is 36.0 Å². The molecule has 1 rings (SSSR count). The maximum absolute atomic E-state index is 12.3. The zero-order valence-corrected chi connectivity index (χ0v) is 12.2. The molecule has 2 N–H and O–H groups in total. The molecule has 0 aromatic rings. The van der Waals surface area contributed by atoms with Gasteiger partial charge in [0.1, 0.15) is 6.54 Å². The summed E-state index contributed by atoms with van der Waals surface area (Å²) in [4.78, 5) is 24.3. The van der Waals surface area contributed by atoms with Crippen LogP contribution in [0.15, 0.2) is 0 Å². The lowest BCUT2D eigenvalue weighted by molar-refractivity contribution is -0.157. The van der Waals surface area contributed by atoms with Crippen molar-refractivity contribution in [3.8, 4) is 0 Å². The zero-order chi connectivity index (χ0) is 16.3. The van der Waals surface area contributed by atoms with E-state index in [0.29, 0.717) is 17.7 Å². The number of carbonyl (C=O) groups excluding carboxylic acids is 2. The van der Waals surface area contributed by atoms with E-state index in [1.165, 1.54) is 0 Å². The smallest absolute Gasteiger partial charge is 0.396 e. The number of aliphatic hydroxyl groups excluding tert-OH is 1. The summed E-state index contributed by atoms with van der Waals surface area (Å²) >= 11 is 0. The number of rotatable bonds is 6. The van der Waals surface area contributed by atoms with Gasteiger partial charge in [0.25, 0.3) is 0 Å². The summed E-state index contributed by atoms with van der Waals surface area (Å²) in [7, 11) is 0. The Morgan fingerprint density at radius 3 is 2.57 bits per heavy atom. The van der Waals surface area contributed by atoms with E-state index in [2.05, 4.69) is 5.32 Å². The van der Waals surface area contributed by atoms with Crippen LogP contribution < -0.4 is 5.32 Å². The van der Waals surface area contributed by atoms with Crippen molar-refractivity contribution in [2.75, 3.05) is 19.7 Å². The quantitative estimate of drug-likeness (QED) is 0.771. The van der Waals surface area contributed by atoms with Gasteiger partial charge < -0.3 is 15.3 Å². The average molecular weight is 310 g/mol. The van der Waals surface area contributed by atoms with E-state index in [0.717, 1.165) is 0 Å². The van der Waals surface area contributed by atoms with Crippen LogP contribution in [0.4, 0.5) is 13.2 Å². The van der Waals surface area contributed by atoms with Crippen LogP contribution in [0.5, 0.6) is 0 Å². The molecule has 2 amide bonds. The van der Waals surface area contributed by atoms with Gasteiger partial charge in [-0.05, 0) is 19.8 Å². The number of nitrogens with one attached hydrogen (secondary N) is 1. The number of hydrogen-bond donors (Lipinski definition) is 2. The molecule has 5 nitrogen and oxygen atoms in total. The maximum atomic E-state index is 12.3. The summed E-state index contributed by atoms with van der Waals surface area (Å²) in [5.74, 6) is -1.87. The molecule has 1 aliphatic rings. The molecule has 0 aliphatic carbocycles. The summed E-state index contributed by atoms with van der Waals surface area (Å²) < 4.78 is 36.9. The molecular weight excluding hydrogens is 289 g/mol. The van der Waals surface area contributed by atoms with Crippen molar-refractivity contribution in [1.82, 2.24) is 10.2 Å². The summed E-state index contributed by atoms with van der Waals surface area (Å²) in [5.41, 5.74) is -0.619. The number of hydrogen-bond acceptors (Lipinski definition) is 3. The maximum Gasteiger partial charge on any atom is 0.406 e. The molecule has 8 heteroatoms. The predicted molar refractivity (Wildman–Crippen MR) is 69.3 cm³/mol. The van der Waals surface area contributed by atoms with Crippen LogP contribution >= 0.6 is 0 Å². The van der Waals surface area contributed by atoms with Gasteiger partial charge in [-0.2, -0.15) is 13.2 Å². The minimum absolute atomic E-state index is 0.103. The van der Waals surface area contributed by atoms with Crippen molar-refractivity contribution in [3.63, 3.8) is 0 Å². The second kappa shape index (κ2) is 6.64. The number of aliphatic hydroxyl groups is 1. The van der Waals surface area contributed by atoms with E-state index >= 15 is 0 Å². The Morgan fingerprint density at radius 2 is 2.10 bits per heavy atom. The number of halogens is 3. The van der Waals surface area contributed by atoms with Crippen molar-refractivity contribution in [1.29, 1.82) is 0 Å². The first-order valence-corrected chi connectivity index (χ1v) is 6.87. The largest absolute Gasteiger partial charge is 0.406 e. The average Bonchev–Trinajstić information content (AvgIpc) is 2.69. The van der Waals surface area contributed by atoms with Crippen LogP contribution in [0.1, 0.15) is 33.1 Å². The lowest BCUT2D eigenvalue weighted by atomic mass is 9.93. The van der Waals surface area contributed by atoms with Gasteiger partial charge >= 0.3 is 6.18 Å². The van der Waals surface area contributed by atoms with Gasteiger partial charge in [0.15, 0.2) is 0 Å². The number of amides is 2. The van der Waals surface area contributed by atoms with E-state index in [1.54, 1.807) is 6.92 Å². The highest BCUT2D eigenvalue weighted by molar-refractivity contribution is 5.89. The summed E-state index contributed by atoms with van der Waals surface area (Å²) in [6, 6.07) is 0. The van der Waals surface area contributed by atoms with Crippen molar-refractivity contribution >= 4 is 11.8 Å². The Labute approximate surface area is 121 Å².